The molecule has 3 amide bonds. The van der Waals surface area contributed by atoms with Crippen molar-refractivity contribution in [2.75, 3.05) is 7.11 Å². The van der Waals surface area contributed by atoms with Crippen molar-refractivity contribution in [2.45, 2.75) is 6.54 Å². The fourth-order valence-electron chi connectivity index (χ4n) is 2.12. The number of hydrogen-bond acceptors (Lipinski definition) is 5. The van der Waals surface area contributed by atoms with E-state index in [-0.39, 0.29) is 18.0 Å². The van der Waals surface area contributed by atoms with Crippen LogP contribution in [0, 0.1) is 0 Å². The molecule has 9 nitrogen and oxygen atoms in total. The largest absolute Gasteiger partial charge is 0.465 e. The van der Waals surface area contributed by atoms with Gasteiger partial charge in [-0.05, 0) is 42.0 Å². The predicted molar refractivity (Wildman–Crippen MR) is 94.0 cm³/mol. The third-order valence-electron chi connectivity index (χ3n) is 3.52. The molecule has 0 unspecified atom stereocenters. The molecule has 9 heteroatoms. The van der Waals surface area contributed by atoms with Crippen molar-refractivity contribution in [2.24, 2.45) is 0 Å². The van der Waals surface area contributed by atoms with Gasteiger partial charge in [-0.15, -0.1) is 0 Å². The van der Waals surface area contributed by atoms with Crippen LogP contribution in [0.5, 0.6) is 0 Å². The van der Waals surface area contributed by atoms with E-state index in [0.29, 0.717) is 11.1 Å². The fourth-order valence-corrected chi connectivity index (χ4v) is 2.12. The van der Waals surface area contributed by atoms with E-state index in [1.807, 2.05) is 5.43 Å². The third kappa shape index (κ3) is 5.56. The second-order valence-corrected chi connectivity index (χ2v) is 5.33. The van der Waals surface area contributed by atoms with Crippen LogP contribution in [-0.2, 0) is 11.3 Å². The van der Waals surface area contributed by atoms with E-state index in [1.54, 1.807) is 17.6 Å². The first-order valence-corrected chi connectivity index (χ1v) is 7.75. The minimum absolute atomic E-state index is 0.229. The minimum atomic E-state index is -1.37. The first-order chi connectivity index (χ1) is 12.9. The molecule has 0 aliphatic heterocycles. The number of nitrogens with one attached hydrogen (secondary N) is 3. The Balaban J connectivity index is 1.90. The van der Waals surface area contributed by atoms with Crippen molar-refractivity contribution in [1.82, 2.24) is 16.2 Å². The molecular formula is C18H17N3O6. The highest BCUT2D eigenvalue weighted by Gasteiger charge is 2.10. The van der Waals surface area contributed by atoms with Gasteiger partial charge in [-0.25, -0.2) is 15.0 Å². The first kappa shape index (κ1) is 19.4. The molecule has 0 aromatic heterocycles. The molecular weight excluding hydrogens is 354 g/mol. The average molecular weight is 371 g/mol. The summed E-state index contributed by atoms with van der Waals surface area (Å²) in [6.07, 6.45) is -1.37. The molecule has 2 aromatic carbocycles. The molecule has 0 aliphatic carbocycles. The Kier molecular flexibility index (Phi) is 6.48. The van der Waals surface area contributed by atoms with Crippen molar-refractivity contribution in [3.8, 4) is 0 Å². The number of esters is 1. The number of hydrazine groups is 1. The van der Waals surface area contributed by atoms with Crippen molar-refractivity contribution in [3.63, 3.8) is 0 Å². The second-order valence-electron chi connectivity index (χ2n) is 5.33. The molecule has 0 atom stereocenters. The first-order valence-electron chi connectivity index (χ1n) is 7.75. The van der Waals surface area contributed by atoms with Crippen LogP contribution in [0.1, 0.15) is 36.6 Å². The van der Waals surface area contributed by atoms with Crippen LogP contribution in [0.4, 0.5) is 4.79 Å². The smallest absolute Gasteiger partial charge is 0.423 e. The molecule has 0 spiro atoms. The number of carbonyl (C=O) groups excluding carboxylic acids is 3. The summed E-state index contributed by atoms with van der Waals surface area (Å²) >= 11 is 0. The number of hydrogen-bond donors (Lipinski definition) is 4. The summed E-state index contributed by atoms with van der Waals surface area (Å²) < 4.78 is 4.59. The van der Waals surface area contributed by atoms with Gasteiger partial charge < -0.3 is 15.2 Å². The zero-order valence-electron chi connectivity index (χ0n) is 14.3. The van der Waals surface area contributed by atoms with Crippen LogP contribution < -0.4 is 16.2 Å². The Hall–Kier alpha value is -3.88. The molecule has 0 heterocycles. The Labute approximate surface area is 154 Å². The van der Waals surface area contributed by atoms with Crippen LogP contribution in [0.2, 0.25) is 0 Å². The SMILES string of the molecule is COC(=O)c1ccc(C(=O)NCc2ccc(C(=O)NNC(=O)O)cc2)cc1. The highest BCUT2D eigenvalue weighted by molar-refractivity contribution is 5.96. The molecule has 140 valence electrons. The average Bonchev–Trinajstić information content (AvgIpc) is 2.70. The van der Waals surface area contributed by atoms with E-state index < -0.39 is 18.0 Å². The molecule has 0 saturated heterocycles. The number of benzene rings is 2. The number of ether oxygens (including phenoxy) is 1. The lowest BCUT2D eigenvalue weighted by molar-refractivity contribution is 0.0600. The van der Waals surface area contributed by atoms with E-state index in [1.165, 1.54) is 43.5 Å². The maximum Gasteiger partial charge on any atom is 0.423 e. The van der Waals surface area contributed by atoms with E-state index in [2.05, 4.69) is 10.1 Å². The number of amides is 3. The Morgan fingerprint density at radius 1 is 0.815 bits per heavy atom. The van der Waals surface area contributed by atoms with E-state index >= 15 is 0 Å². The quantitative estimate of drug-likeness (QED) is 0.463. The van der Waals surface area contributed by atoms with Crippen LogP contribution in [0.3, 0.4) is 0 Å². The number of methoxy groups -OCH3 is 1. The molecule has 27 heavy (non-hydrogen) atoms. The highest BCUT2D eigenvalue weighted by atomic mass is 16.5. The summed E-state index contributed by atoms with van der Waals surface area (Å²) in [5, 5.41) is 11.2. The van der Waals surface area contributed by atoms with E-state index in [0.717, 1.165) is 5.56 Å². The monoisotopic (exact) mass is 371 g/mol. The molecule has 2 aromatic rings. The highest BCUT2D eigenvalue weighted by Crippen LogP contribution is 2.07. The summed E-state index contributed by atoms with van der Waals surface area (Å²) in [5.41, 5.74) is 5.52. The van der Waals surface area contributed by atoms with Crippen molar-refractivity contribution in [1.29, 1.82) is 0 Å². The minimum Gasteiger partial charge on any atom is -0.465 e. The van der Waals surface area contributed by atoms with Gasteiger partial charge in [-0.3, -0.25) is 15.0 Å². The molecule has 0 bridgehead atoms. The Morgan fingerprint density at radius 2 is 1.33 bits per heavy atom. The third-order valence-corrected chi connectivity index (χ3v) is 3.52. The summed E-state index contributed by atoms with van der Waals surface area (Å²) in [6, 6.07) is 12.3. The molecule has 0 fully saturated rings. The van der Waals surface area contributed by atoms with Crippen LogP contribution in [-0.4, -0.2) is 36.1 Å². The van der Waals surface area contributed by atoms with Crippen molar-refractivity contribution < 1.29 is 29.0 Å². The predicted octanol–water partition coefficient (Wildman–Crippen LogP) is 1.32. The zero-order valence-corrected chi connectivity index (χ0v) is 14.3. The molecule has 2 rings (SSSR count). The van der Waals surface area contributed by atoms with Gasteiger partial charge in [0.25, 0.3) is 11.8 Å². The van der Waals surface area contributed by atoms with Gasteiger partial charge in [0.2, 0.25) is 0 Å². The molecule has 0 saturated carbocycles. The lowest BCUT2D eigenvalue weighted by Gasteiger charge is -2.08. The molecule has 0 aliphatic rings. The van der Waals surface area contributed by atoms with E-state index in [9.17, 15) is 19.2 Å². The standard InChI is InChI=1S/C18H17N3O6/c1-27-17(24)14-8-6-12(7-9-14)15(22)19-10-11-2-4-13(5-3-11)16(23)20-21-18(25)26/h2-9,21H,10H2,1H3,(H,19,22)(H,20,23)(H,25,26). The lowest BCUT2D eigenvalue weighted by Crippen LogP contribution is -2.40. The van der Waals surface area contributed by atoms with Crippen LogP contribution in [0.25, 0.3) is 0 Å². The normalized spacial score (nSPS) is 9.81. The summed E-state index contributed by atoms with van der Waals surface area (Å²) in [7, 11) is 1.28. The van der Waals surface area contributed by atoms with Gasteiger partial charge in [-0.2, -0.15) is 0 Å². The number of carboxylic acid groups (broad SMARTS) is 1. The lowest BCUT2D eigenvalue weighted by atomic mass is 10.1. The Morgan fingerprint density at radius 3 is 1.89 bits per heavy atom. The van der Waals surface area contributed by atoms with Crippen molar-refractivity contribution >= 4 is 23.9 Å². The second kappa shape index (κ2) is 8.99. The topological polar surface area (TPSA) is 134 Å². The maximum absolute atomic E-state index is 12.1. The van der Waals surface area contributed by atoms with Gasteiger partial charge in [0.15, 0.2) is 0 Å². The Bertz CT molecular complexity index is 846. The van der Waals surface area contributed by atoms with Crippen molar-refractivity contribution in [3.05, 3.63) is 70.8 Å². The van der Waals surface area contributed by atoms with Gasteiger partial charge in [0, 0.05) is 17.7 Å². The van der Waals surface area contributed by atoms with Crippen LogP contribution in [0.15, 0.2) is 48.5 Å². The number of carbonyl (C=O) groups is 4. The van der Waals surface area contributed by atoms with Gasteiger partial charge in [0.05, 0.1) is 12.7 Å². The number of rotatable bonds is 5. The fraction of sp³-hybridized carbons (Fsp3) is 0.111. The summed E-state index contributed by atoms with van der Waals surface area (Å²) in [6.45, 7) is 0.229. The van der Waals surface area contributed by atoms with Gasteiger partial charge >= 0.3 is 12.1 Å². The molecule has 0 radical (unpaired) electrons. The summed E-state index contributed by atoms with van der Waals surface area (Å²) in [5.74, 6) is -1.40. The zero-order chi connectivity index (χ0) is 19.8. The maximum atomic E-state index is 12.1. The van der Waals surface area contributed by atoms with E-state index in [4.69, 9.17) is 5.11 Å². The van der Waals surface area contributed by atoms with Crippen LogP contribution >= 0.6 is 0 Å². The summed E-state index contributed by atoms with van der Waals surface area (Å²) in [4.78, 5) is 45.5. The molecule has 4 N–H and O–H groups in total. The van der Waals surface area contributed by atoms with Gasteiger partial charge in [-0.1, -0.05) is 12.1 Å². The van der Waals surface area contributed by atoms with Gasteiger partial charge in [0.1, 0.15) is 0 Å².